The van der Waals surface area contributed by atoms with Crippen LogP contribution in [-0.4, -0.2) is 17.5 Å². The number of carbonyl (C=O) groups is 2. The van der Waals surface area contributed by atoms with Crippen molar-refractivity contribution in [2.45, 2.75) is 53.4 Å². The molecule has 2 aliphatic rings. The van der Waals surface area contributed by atoms with Crippen molar-refractivity contribution < 1.29 is 9.59 Å². The van der Waals surface area contributed by atoms with Gasteiger partial charge in [0.1, 0.15) is 0 Å². The number of nitrogens with one attached hydrogen (secondary N) is 1. The van der Waals surface area contributed by atoms with E-state index in [1.54, 1.807) is 0 Å². The van der Waals surface area contributed by atoms with Gasteiger partial charge in [-0.1, -0.05) is 38.3 Å². The minimum absolute atomic E-state index is 0.00634. The molecule has 1 aliphatic heterocycles. The molecule has 1 heterocycles. The smallest absolute Gasteiger partial charge is 0.251 e. The van der Waals surface area contributed by atoms with E-state index in [2.05, 4.69) is 24.2 Å². The number of hydrogen-bond acceptors (Lipinski definition) is 2. The van der Waals surface area contributed by atoms with Crippen LogP contribution in [0, 0.1) is 11.8 Å². The SMILES string of the molecule is CCCC(CCC)C(=O)N=C1C=CC2C(=C1)NC(=O)C(C)=C2C. The van der Waals surface area contributed by atoms with E-state index in [9.17, 15) is 9.59 Å². The Balaban J connectivity index is 2.21. The summed E-state index contributed by atoms with van der Waals surface area (Å²) >= 11 is 0. The summed E-state index contributed by atoms with van der Waals surface area (Å²) in [4.78, 5) is 28.6. The van der Waals surface area contributed by atoms with Gasteiger partial charge in [0, 0.05) is 23.1 Å². The zero-order valence-electron chi connectivity index (χ0n) is 14.5. The highest BCUT2D eigenvalue weighted by Gasteiger charge is 2.27. The van der Waals surface area contributed by atoms with Gasteiger partial charge in [-0.05, 0) is 38.8 Å². The molecule has 0 saturated carbocycles. The lowest BCUT2D eigenvalue weighted by atomic mass is 9.85. The van der Waals surface area contributed by atoms with Crippen LogP contribution in [0.1, 0.15) is 53.4 Å². The molecule has 0 aromatic carbocycles. The summed E-state index contributed by atoms with van der Waals surface area (Å²) in [5.41, 5.74) is 3.26. The Labute approximate surface area is 138 Å². The normalized spacial score (nSPS) is 22.3. The van der Waals surface area contributed by atoms with E-state index in [1.165, 1.54) is 0 Å². The summed E-state index contributed by atoms with van der Waals surface area (Å²) in [5.74, 6) is -0.0225. The maximum Gasteiger partial charge on any atom is 0.251 e. The molecule has 1 atom stereocenters. The number of allylic oxidation sites excluding steroid dienone is 3. The second-order valence-corrected chi connectivity index (χ2v) is 6.35. The topological polar surface area (TPSA) is 58.5 Å². The van der Waals surface area contributed by atoms with Crippen LogP contribution in [0.4, 0.5) is 0 Å². The quantitative estimate of drug-likeness (QED) is 0.841. The van der Waals surface area contributed by atoms with Crippen LogP contribution in [0.3, 0.4) is 0 Å². The van der Waals surface area contributed by atoms with Crippen LogP contribution in [-0.2, 0) is 9.59 Å². The van der Waals surface area contributed by atoms with Crippen molar-refractivity contribution in [1.82, 2.24) is 5.32 Å². The van der Waals surface area contributed by atoms with Crippen molar-refractivity contribution in [2.24, 2.45) is 16.8 Å². The molecule has 0 radical (unpaired) electrons. The zero-order valence-corrected chi connectivity index (χ0v) is 14.5. The molecular formula is C19H26N2O2. The molecule has 0 fully saturated rings. The first-order valence-corrected chi connectivity index (χ1v) is 8.48. The fourth-order valence-electron chi connectivity index (χ4n) is 3.10. The molecule has 1 N–H and O–H groups in total. The Bertz CT molecular complexity index is 617. The van der Waals surface area contributed by atoms with E-state index in [0.29, 0.717) is 5.71 Å². The van der Waals surface area contributed by atoms with Gasteiger partial charge in [-0.2, -0.15) is 0 Å². The molecular weight excluding hydrogens is 288 g/mol. The summed E-state index contributed by atoms with van der Waals surface area (Å²) in [6, 6.07) is 0. The van der Waals surface area contributed by atoms with E-state index in [4.69, 9.17) is 0 Å². The van der Waals surface area contributed by atoms with Crippen molar-refractivity contribution >= 4 is 17.5 Å². The summed E-state index contributed by atoms with van der Waals surface area (Å²) in [6.45, 7) is 7.99. The van der Waals surface area contributed by atoms with Gasteiger partial charge in [0.25, 0.3) is 5.91 Å². The average Bonchev–Trinajstić information content (AvgIpc) is 2.52. The first kappa shape index (κ1) is 17.4. The van der Waals surface area contributed by atoms with Crippen LogP contribution in [0.5, 0.6) is 0 Å². The van der Waals surface area contributed by atoms with Gasteiger partial charge < -0.3 is 5.32 Å². The Morgan fingerprint density at radius 1 is 1.26 bits per heavy atom. The van der Waals surface area contributed by atoms with Gasteiger partial charge >= 0.3 is 0 Å². The highest BCUT2D eigenvalue weighted by Crippen LogP contribution is 2.30. The number of amides is 2. The number of carbonyl (C=O) groups excluding carboxylic acids is 2. The lowest BCUT2D eigenvalue weighted by Crippen LogP contribution is -2.35. The second kappa shape index (κ2) is 7.53. The van der Waals surface area contributed by atoms with Crippen LogP contribution < -0.4 is 5.32 Å². The van der Waals surface area contributed by atoms with Gasteiger partial charge in [-0.25, -0.2) is 4.99 Å². The molecule has 0 aromatic rings. The van der Waals surface area contributed by atoms with Gasteiger partial charge in [0.2, 0.25) is 5.91 Å². The van der Waals surface area contributed by atoms with Crippen LogP contribution in [0.15, 0.2) is 40.1 Å². The van der Waals surface area contributed by atoms with Crippen LogP contribution in [0.25, 0.3) is 0 Å². The van der Waals surface area contributed by atoms with Crippen molar-refractivity contribution in [1.29, 1.82) is 0 Å². The lowest BCUT2D eigenvalue weighted by Gasteiger charge is -2.28. The third-order valence-corrected chi connectivity index (χ3v) is 4.62. The van der Waals surface area contributed by atoms with Crippen molar-refractivity contribution in [3.63, 3.8) is 0 Å². The predicted octanol–water partition coefficient (Wildman–Crippen LogP) is 3.71. The van der Waals surface area contributed by atoms with E-state index in [1.807, 2.05) is 32.1 Å². The number of fused-ring (bicyclic) bond motifs is 1. The number of aliphatic imine (C=N–C) groups is 1. The molecule has 0 aromatic heterocycles. The van der Waals surface area contributed by atoms with Crippen LogP contribution in [0.2, 0.25) is 0 Å². The molecule has 1 aliphatic carbocycles. The molecule has 0 spiro atoms. The summed E-state index contributed by atoms with van der Waals surface area (Å²) < 4.78 is 0. The molecule has 0 bridgehead atoms. The fraction of sp³-hybridized carbons (Fsp3) is 0.526. The third kappa shape index (κ3) is 3.87. The Morgan fingerprint density at radius 3 is 2.52 bits per heavy atom. The largest absolute Gasteiger partial charge is 0.325 e. The zero-order chi connectivity index (χ0) is 17.0. The number of nitrogens with zero attached hydrogens (tertiary/aromatic N) is 1. The molecule has 4 nitrogen and oxygen atoms in total. The third-order valence-electron chi connectivity index (χ3n) is 4.62. The van der Waals surface area contributed by atoms with Gasteiger partial charge in [0.05, 0.1) is 5.71 Å². The standard InChI is InChI=1S/C19H26N2O2/c1-5-7-14(8-6-2)19(23)20-15-9-10-16-12(3)13(4)18(22)21-17(16)11-15/h9-11,14,16H,5-8H2,1-4H3,(H,21,22). The molecule has 2 amide bonds. The summed E-state index contributed by atoms with van der Waals surface area (Å²) in [6.07, 6.45) is 9.45. The first-order chi connectivity index (χ1) is 11.0. The molecule has 1 unspecified atom stereocenters. The minimum Gasteiger partial charge on any atom is -0.325 e. The lowest BCUT2D eigenvalue weighted by molar-refractivity contribution is -0.122. The predicted molar refractivity (Wildman–Crippen MR) is 93.0 cm³/mol. The highest BCUT2D eigenvalue weighted by atomic mass is 16.2. The second-order valence-electron chi connectivity index (χ2n) is 6.35. The maximum atomic E-state index is 12.4. The number of hydrogen-bond donors (Lipinski definition) is 1. The van der Waals surface area contributed by atoms with Crippen molar-refractivity contribution in [2.75, 3.05) is 0 Å². The van der Waals surface area contributed by atoms with E-state index in [-0.39, 0.29) is 23.7 Å². The number of rotatable bonds is 5. The Kier molecular flexibility index (Phi) is 5.69. The Morgan fingerprint density at radius 2 is 1.91 bits per heavy atom. The van der Waals surface area contributed by atoms with Crippen molar-refractivity contribution in [3.05, 3.63) is 35.1 Å². The van der Waals surface area contributed by atoms with Gasteiger partial charge in [0.15, 0.2) is 0 Å². The minimum atomic E-state index is -0.0687. The fourth-order valence-corrected chi connectivity index (χ4v) is 3.10. The monoisotopic (exact) mass is 314 g/mol. The van der Waals surface area contributed by atoms with E-state index in [0.717, 1.165) is 42.5 Å². The van der Waals surface area contributed by atoms with Crippen molar-refractivity contribution in [3.8, 4) is 0 Å². The Hall–Kier alpha value is -1.97. The van der Waals surface area contributed by atoms with Crippen LogP contribution >= 0.6 is 0 Å². The van der Waals surface area contributed by atoms with E-state index >= 15 is 0 Å². The van der Waals surface area contributed by atoms with E-state index < -0.39 is 0 Å². The summed E-state index contributed by atoms with van der Waals surface area (Å²) in [5, 5.41) is 2.90. The maximum absolute atomic E-state index is 12.4. The first-order valence-electron chi connectivity index (χ1n) is 8.48. The highest BCUT2D eigenvalue weighted by molar-refractivity contribution is 6.11. The molecule has 23 heavy (non-hydrogen) atoms. The molecule has 0 saturated heterocycles. The molecule has 2 rings (SSSR count). The summed E-state index contributed by atoms with van der Waals surface area (Å²) in [7, 11) is 0. The average molecular weight is 314 g/mol. The van der Waals surface area contributed by atoms with Gasteiger partial charge in [-0.3, -0.25) is 9.59 Å². The van der Waals surface area contributed by atoms with Gasteiger partial charge in [-0.15, -0.1) is 0 Å². The molecule has 124 valence electrons. The molecule has 4 heteroatoms.